The molecule has 0 aromatic carbocycles. The lowest BCUT2D eigenvalue weighted by molar-refractivity contribution is -0.184. The first-order chi connectivity index (χ1) is 6.28. The minimum atomic E-state index is -0.750. The van der Waals surface area contributed by atoms with E-state index in [4.69, 9.17) is 9.84 Å². The molecule has 0 spiro atoms. The molecule has 0 unspecified atom stereocenters. The molecule has 0 aromatic rings. The Kier molecular flexibility index (Phi) is 2.88. The van der Waals surface area contributed by atoms with Crippen LogP contribution >= 0.6 is 0 Å². The number of hydrogen-bond donors (Lipinski definition) is 1. The number of ether oxygens (including phenoxy) is 1. The van der Waals surface area contributed by atoms with E-state index in [0.29, 0.717) is 19.8 Å². The second kappa shape index (κ2) is 3.51. The Bertz CT molecular complexity index is 228. The first kappa shape index (κ1) is 11.5. The Hall–Kier alpha value is -0.610. The fourth-order valence-electron chi connectivity index (χ4n) is 1.32. The SMILES string of the molecule is CN(CC1(C(=O)O)COC1)C(C)(C)C. The summed E-state index contributed by atoms with van der Waals surface area (Å²) >= 11 is 0. The second-order valence-corrected chi connectivity index (χ2v) is 5.11. The van der Waals surface area contributed by atoms with Crippen molar-refractivity contribution in [1.82, 2.24) is 4.90 Å². The summed E-state index contributed by atoms with van der Waals surface area (Å²) in [6.07, 6.45) is 0. The van der Waals surface area contributed by atoms with Crippen LogP contribution < -0.4 is 0 Å². The van der Waals surface area contributed by atoms with E-state index < -0.39 is 11.4 Å². The van der Waals surface area contributed by atoms with Gasteiger partial charge in [-0.1, -0.05) is 0 Å². The Balaban J connectivity index is 2.62. The van der Waals surface area contributed by atoms with E-state index in [-0.39, 0.29) is 5.54 Å². The molecule has 4 heteroatoms. The van der Waals surface area contributed by atoms with E-state index in [9.17, 15) is 4.79 Å². The Morgan fingerprint density at radius 3 is 2.21 bits per heavy atom. The van der Waals surface area contributed by atoms with Crippen molar-refractivity contribution >= 4 is 5.97 Å². The van der Waals surface area contributed by atoms with Gasteiger partial charge in [0.1, 0.15) is 5.41 Å². The molecule has 4 nitrogen and oxygen atoms in total. The monoisotopic (exact) mass is 201 g/mol. The van der Waals surface area contributed by atoms with Gasteiger partial charge >= 0.3 is 5.97 Å². The van der Waals surface area contributed by atoms with Gasteiger partial charge < -0.3 is 14.7 Å². The second-order valence-electron chi connectivity index (χ2n) is 5.11. The molecule has 0 radical (unpaired) electrons. The summed E-state index contributed by atoms with van der Waals surface area (Å²) in [5.41, 5.74) is -0.680. The fraction of sp³-hybridized carbons (Fsp3) is 0.900. The van der Waals surface area contributed by atoms with Gasteiger partial charge in [0.15, 0.2) is 0 Å². The average Bonchev–Trinajstić information content (AvgIpc) is 1.93. The molecular weight excluding hydrogens is 182 g/mol. The van der Waals surface area contributed by atoms with Crippen molar-refractivity contribution in [3.8, 4) is 0 Å². The predicted octanol–water partition coefficient (Wildman–Crippen LogP) is 0.818. The van der Waals surface area contributed by atoms with Crippen LogP contribution in [0.5, 0.6) is 0 Å². The number of aliphatic carboxylic acids is 1. The largest absolute Gasteiger partial charge is 0.481 e. The highest BCUT2D eigenvalue weighted by Gasteiger charge is 2.47. The molecule has 0 amide bonds. The third-order valence-electron chi connectivity index (χ3n) is 2.90. The van der Waals surface area contributed by atoms with Crippen molar-refractivity contribution in [3.63, 3.8) is 0 Å². The van der Waals surface area contributed by atoms with Crippen molar-refractivity contribution in [2.24, 2.45) is 5.41 Å². The molecule has 0 aromatic heterocycles. The summed E-state index contributed by atoms with van der Waals surface area (Å²) < 4.78 is 5.01. The molecule has 1 rings (SSSR count). The van der Waals surface area contributed by atoms with Crippen molar-refractivity contribution in [2.75, 3.05) is 26.8 Å². The van der Waals surface area contributed by atoms with E-state index in [2.05, 4.69) is 25.7 Å². The molecule has 1 N–H and O–H groups in total. The highest BCUT2D eigenvalue weighted by molar-refractivity contribution is 5.76. The predicted molar refractivity (Wildman–Crippen MR) is 53.3 cm³/mol. The summed E-state index contributed by atoms with van der Waals surface area (Å²) in [6.45, 7) is 7.43. The van der Waals surface area contributed by atoms with Gasteiger partial charge in [0.25, 0.3) is 0 Å². The van der Waals surface area contributed by atoms with E-state index in [1.165, 1.54) is 0 Å². The summed E-state index contributed by atoms with van der Waals surface area (Å²) in [6, 6.07) is 0. The van der Waals surface area contributed by atoms with Gasteiger partial charge in [-0.05, 0) is 27.8 Å². The maximum Gasteiger partial charge on any atom is 0.315 e. The van der Waals surface area contributed by atoms with E-state index in [0.717, 1.165) is 0 Å². The Morgan fingerprint density at radius 1 is 1.50 bits per heavy atom. The molecule has 1 aliphatic rings. The van der Waals surface area contributed by atoms with Crippen molar-refractivity contribution in [3.05, 3.63) is 0 Å². The van der Waals surface area contributed by atoms with Gasteiger partial charge in [-0.3, -0.25) is 4.79 Å². The van der Waals surface area contributed by atoms with Crippen LogP contribution in [-0.2, 0) is 9.53 Å². The highest BCUT2D eigenvalue weighted by Crippen LogP contribution is 2.30. The molecule has 0 bridgehead atoms. The third-order valence-corrected chi connectivity index (χ3v) is 2.90. The molecule has 1 heterocycles. The summed E-state index contributed by atoms with van der Waals surface area (Å²) in [5.74, 6) is -0.750. The Morgan fingerprint density at radius 2 is 2.00 bits per heavy atom. The normalized spacial score (nSPS) is 20.6. The van der Waals surface area contributed by atoms with Crippen LogP contribution in [0, 0.1) is 5.41 Å². The molecule has 1 saturated heterocycles. The minimum absolute atomic E-state index is 0.00194. The lowest BCUT2D eigenvalue weighted by Crippen LogP contribution is -2.58. The highest BCUT2D eigenvalue weighted by atomic mass is 16.5. The molecular formula is C10H19NO3. The van der Waals surface area contributed by atoms with E-state index in [1.54, 1.807) is 0 Å². The van der Waals surface area contributed by atoms with Gasteiger partial charge in [-0.2, -0.15) is 0 Å². The van der Waals surface area contributed by atoms with Gasteiger partial charge in [0.2, 0.25) is 0 Å². The minimum Gasteiger partial charge on any atom is -0.481 e. The lowest BCUT2D eigenvalue weighted by Gasteiger charge is -2.43. The quantitative estimate of drug-likeness (QED) is 0.734. The van der Waals surface area contributed by atoms with Crippen LogP contribution in [0.15, 0.2) is 0 Å². The average molecular weight is 201 g/mol. The molecule has 0 aliphatic carbocycles. The third kappa shape index (κ3) is 2.07. The van der Waals surface area contributed by atoms with Crippen LogP contribution in [0.3, 0.4) is 0 Å². The van der Waals surface area contributed by atoms with Crippen molar-refractivity contribution in [2.45, 2.75) is 26.3 Å². The number of carbonyl (C=O) groups is 1. The maximum absolute atomic E-state index is 11.1. The Labute approximate surface area is 84.8 Å². The maximum atomic E-state index is 11.1. The summed E-state index contributed by atoms with van der Waals surface area (Å²) in [4.78, 5) is 13.1. The number of carboxylic acid groups (broad SMARTS) is 1. The number of carboxylic acids is 1. The molecule has 14 heavy (non-hydrogen) atoms. The topological polar surface area (TPSA) is 49.8 Å². The molecule has 1 aliphatic heterocycles. The number of rotatable bonds is 3. The summed E-state index contributed by atoms with van der Waals surface area (Å²) in [5, 5.41) is 9.09. The first-order valence-corrected chi connectivity index (χ1v) is 4.80. The van der Waals surface area contributed by atoms with Gasteiger partial charge in [0.05, 0.1) is 13.2 Å². The number of nitrogens with zero attached hydrogens (tertiary/aromatic N) is 1. The van der Waals surface area contributed by atoms with Crippen molar-refractivity contribution in [1.29, 1.82) is 0 Å². The van der Waals surface area contributed by atoms with Crippen LogP contribution in [0.1, 0.15) is 20.8 Å². The molecule has 0 atom stereocenters. The number of hydrogen-bond acceptors (Lipinski definition) is 3. The zero-order valence-electron chi connectivity index (χ0n) is 9.33. The van der Waals surface area contributed by atoms with Crippen LogP contribution in [0.25, 0.3) is 0 Å². The zero-order chi connectivity index (χ0) is 11.0. The summed E-state index contributed by atoms with van der Waals surface area (Å²) in [7, 11) is 1.95. The lowest BCUT2D eigenvalue weighted by atomic mass is 9.84. The fourth-order valence-corrected chi connectivity index (χ4v) is 1.32. The van der Waals surface area contributed by atoms with Gasteiger partial charge in [0, 0.05) is 12.1 Å². The standard InChI is InChI=1S/C10H19NO3/c1-9(2,3)11(4)5-10(8(12)13)6-14-7-10/h5-7H2,1-4H3,(H,12,13). The smallest absolute Gasteiger partial charge is 0.315 e. The van der Waals surface area contributed by atoms with Crippen molar-refractivity contribution < 1.29 is 14.6 Å². The van der Waals surface area contributed by atoms with Gasteiger partial charge in [-0.25, -0.2) is 0 Å². The first-order valence-electron chi connectivity index (χ1n) is 4.80. The molecule has 82 valence electrons. The zero-order valence-corrected chi connectivity index (χ0v) is 9.33. The van der Waals surface area contributed by atoms with Crippen LogP contribution in [0.2, 0.25) is 0 Å². The van der Waals surface area contributed by atoms with Gasteiger partial charge in [-0.15, -0.1) is 0 Å². The van der Waals surface area contributed by atoms with Crippen LogP contribution in [-0.4, -0.2) is 48.3 Å². The molecule has 1 fully saturated rings. The van der Waals surface area contributed by atoms with Crippen LogP contribution in [0.4, 0.5) is 0 Å². The molecule has 0 saturated carbocycles. The van der Waals surface area contributed by atoms with E-state index in [1.807, 2.05) is 7.05 Å². The van der Waals surface area contributed by atoms with E-state index >= 15 is 0 Å².